The number of hydrogen-bond acceptors (Lipinski definition) is 4. The topological polar surface area (TPSA) is 55.8 Å². The van der Waals surface area contributed by atoms with Crippen LogP contribution in [0.25, 0.3) is 0 Å². The number of carbonyl (C=O) groups excluding carboxylic acids is 2. The van der Waals surface area contributed by atoms with E-state index in [1.165, 1.54) is 23.1 Å². The monoisotopic (exact) mass is 359 g/mol. The molecule has 1 unspecified atom stereocenters. The number of hydrogen-bond donors (Lipinski definition) is 0. The SMILES string of the molecule is CCOC(=O)C1(C)CCCN(C(=O)c2ccccc2OC(F)(F)F)C1. The molecule has 0 aromatic heterocycles. The molecule has 0 aliphatic carbocycles. The van der Waals surface area contributed by atoms with Gasteiger partial charge in [-0.15, -0.1) is 13.2 Å². The van der Waals surface area contributed by atoms with Gasteiger partial charge in [-0.1, -0.05) is 12.1 Å². The first-order chi connectivity index (χ1) is 11.7. The minimum absolute atomic E-state index is 0.0883. The normalized spacial score (nSPS) is 20.9. The maximum Gasteiger partial charge on any atom is 0.573 e. The van der Waals surface area contributed by atoms with Crippen LogP contribution in [0.2, 0.25) is 0 Å². The standard InChI is InChI=1S/C17H20F3NO4/c1-3-24-15(23)16(2)9-6-10-21(11-16)14(22)12-7-4-5-8-13(12)25-17(18,19)20/h4-5,7-8H,3,6,9-11H2,1-2H3. The lowest BCUT2D eigenvalue weighted by molar-refractivity contribution is -0.274. The molecule has 1 aromatic carbocycles. The molecule has 1 fully saturated rings. The maximum atomic E-state index is 12.7. The molecule has 1 atom stereocenters. The Bertz CT molecular complexity index is 647. The number of esters is 1. The second-order valence-corrected chi connectivity index (χ2v) is 6.16. The molecule has 8 heteroatoms. The summed E-state index contributed by atoms with van der Waals surface area (Å²) in [6.07, 6.45) is -3.78. The van der Waals surface area contributed by atoms with Gasteiger partial charge in [-0.05, 0) is 38.8 Å². The lowest BCUT2D eigenvalue weighted by atomic mass is 9.81. The highest BCUT2D eigenvalue weighted by molar-refractivity contribution is 5.97. The Morgan fingerprint density at radius 1 is 1.28 bits per heavy atom. The Morgan fingerprint density at radius 3 is 2.60 bits per heavy atom. The minimum atomic E-state index is -4.89. The average molecular weight is 359 g/mol. The zero-order valence-electron chi connectivity index (χ0n) is 14.1. The summed E-state index contributed by atoms with van der Waals surface area (Å²) in [4.78, 5) is 26.2. The van der Waals surface area contributed by atoms with Crippen LogP contribution in [0.3, 0.4) is 0 Å². The van der Waals surface area contributed by atoms with Gasteiger partial charge >= 0.3 is 12.3 Å². The van der Waals surface area contributed by atoms with Crippen molar-refractivity contribution in [1.82, 2.24) is 4.90 Å². The first-order valence-electron chi connectivity index (χ1n) is 7.97. The number of piperidine rings is 1. The van der Waals surface area contributed by atoms with Crippen molar-refractivity contribution in [2.45, 2.75) is 33.1 Å². The summed E-state index contributed by atoms with van der Waals surface area (Å²) in [5.74, 6) is -1.56. The molecule has 0 bridgehead atoms. The predicted octanol–water partition coefficient (Wildman–Crippen LogP) is 3.39. The Kier molecular flexibility index (Phi) is 5.59. The van der Waals surface area contributed by atoms with Crippen LogP contribution in [-0.4, -0.2) is 42.8 Å². The summed E-state index contributed by atoms with van der Waals surface area (Å²) in [6.45, 7) is 4.06. The Hall–Kier alpha value is -2.25. The van der Waals surface area contributed by atoms with Crippen molar-refractivity contribution in [2.24, 2.45) is 5.41 Å². The van der Waals surface area contributed by atoms with E-state index in [0.29, 0.717) is 19.4 Å². The van der Waals surface area contributed by atoms with E-state index in [4.69, 9.17) is 4.74 Å². The maximum absolute atomic E-state index is 12.7. The van der Waals surface area contributed by atoms with Gasteiger partial charge in [0.05, 0.1) is 17.6 Å². The van der Waals surface area contributed by atoms with Crippen LogP contribution < -0.4 is 4.74 Å². The van der Waals surface area contributed by atoms with E-state index in [0.717, 1.165) is 6.07 Å². The van der Waals surface area contributed by atoms with Crippen molar-refractivity contribution < 1.29 is 32.2 Å². The predicted molar refractivity (Wildman–Crippen MR) is 83.0 cm³/mol. The molecule has 2 rings (SSSR count). The number of halogens is 3. The molecule has 1 amide bonds. The van der Waals surface area contributed by atoms with E-state index in [9.17, 15) is 22.8 Å². The summed E-state index contributed by atoms with van der Waals surface area (Å²) >= 11 is 0. The zero-order chi connectivity index (χ0) is 18.7. The van der Waals surface area contributed by atoms with Crippen molar-refractivity contribution in [3.05, 3.63) is 29.8 Å². The number of para-hydroxylation sites is 1. The summed E-state index contributed by atoms with van der Waals surface area (Å²) in [5.41, 5.74) is -1.06. The van der Waals surface area contributed by atoms with Crippen molar-refractivity contribution in [1.29, 1.82) is 0 Å². The van der Waals surface area contributed by atoms with Crippen LogP contribution in [0.1, 0.15) is 37.0 Å². The lowest BCUT2D eigenvalue weighted by Gasteiger charge is -2.38. The van der Waals surface area contributed by atoms with Crippen LogP contribution in [0, 0.1) is 5.41 Å². The van der Waals surface area contributed by atoms with Gasteiger partial charge in [0.15, 0.2) is 0 Å². The highest BCUT2D eigenvalue weighted by Gasteiger charge is 2.41. The van der Waals surface area contributed by atoms with Crippen LogP contribution in [0.15, 0.2) is 24.3 Å². The van der Waals surface area contributed by atoms with Crippen LogP contribution in [0.4, 0.5) is 13.2 Å². The van der Waals surface area contributed by atoms with Gasteiger partial charge in [0.2, 0.25) is 0 Å². The molecule has 1 aliphatic rings. The fourth-order valence-electron chi connectivity index (χ4n) is 2.91. The van der Waals surface area contributed by atoms with E-state index in [1.807, 2.05) is 0 Å². The Labute approximate surface area is 143 Å². The number of benzene rings is 1. The van der Waals surface area contributed by atoms with Crippen LogP contribution in [-0.2, 0) is 9.53 Å². The van der Waals surface area contributed by atoms with E-state index in [-0.39, 0.29) is 18.7 Å². The molecule has 0 N–H and O–H groups in total. The molecular weight excluding hydrogens is 339 g/mol. The van der Waals surface area contributed by atoms with Crippen LogP contribution >= 0.6 is 0 Å². The molecule has 0 spiro atoms. The lowest BCUT2D eigenvalue weighted by Crippen LogP contribution is -2.49. The van der Waals surface area contributed by atoms with Gasteiger partial charge in [0.1, 0.15) is 5.75 Å². The first-order valence-corrected chi connectivity index (χ1v) is 7.97. The quantitative estimate of drug-likeness (QED) is 0.774. The summed E-state index contributed by atoms with van der Waals surface area (Å²) in [5, 5.41) is 0. The van der Waals surface area contributed by atoms with Gasteiger partial charge in [0.25, 0.3) is 5.91 Å². The molecule has 138 valence electrons. The molecule has 1 saturated heterocycles. The zero-order valence-corrected chi connectivity index (χ0v) is 14.1. The molecule has 0 saturated carbocycles. The van der Waals surface area contributed by atoms with Crippen molar-refractivity contribution >= 4 is 11.9 Å². The molecule has 1 heterocycles. The van der Waals surface area contributed by atoms with Gasteiger partial charge in [-0.2, -0.15) is 0 Å². The molecular formula is C17H20F3NO4. The molecule has 5 nitrogen and oxygen atoms in total. The summed E-state index contributed by atoms with van der Waals surface area (Å²) in [6, 6.07) is 5.19. The third-order valence-electron chi connectivity index (χ3n) is 4.10. The second-order valence-electron chi connectivity index (χ2n) is 6.16. The van der Waals surface area contributed by atoms with E-state index in [1.54, 1.807) is 13.8 Å². The van der Waals surface area contributed by atoms with Gasteiger partial charge < -0.3 is 14.4 Å². The van der Waals surface area contributed by atoms with Crippen molar-refractivity contribution in [3.63, 3.8) is 0 Å². The number of likely N-dealkylation sites (tertiary alicyclic amines) is 1. The number of carbonyl (C=O) groups is 2. The summed E-state index contributed by atoms with van der Waals surface area (Å²) in [7, 11) is 0. The van der Waals surface area contributed by atoms with Gasteiger partial charge in [-0.25, -0.2) is 0 Å². The minimum Gasteiger partial charge on any atom is -0.466 e. The Morgan fingerprint density at radius 2 is 1.96 bits per heavy atom. The highest BCUT2D eigenvalue weighted by Crippen LogP contribution is 2.33. The summed E-state index contributed by atoms with van der Waals surface area (Å²) < 4.78 is 46.6. The van der Waals surface area contributed by atoms with Crippen molar-refractivity contribution in [3.8, 4) is 5.75 Å². The molecule has 1 aromatic rings. The second kappa shape index (κ2) is 7.33. The van der Waals surface area contributed by atoms with E-state index in [2.05, 4.69) is 4.74 Å². The number of amides is 1. The van der Waals surface area contributed by atoms with E-state index >= 15 is 0 Å². The smallest absolute Gasteiger partial charge is 0.466 e. The number of ether oxygens (including phenoxy) is 2. The number of rotatable bonds is 4. The molecule has 25 heavy (non-hydrogen) atoms. The van der Waals surface area contributed by atoms with E-state index < -0.39 is 29.4 Å². The third-order valence-corrected chi connectivity index (χ3v) is 4.10. The fraction of sp³-hybridized carbons (Fsp3) is 0.529. The average Bonchev–Trinajstić information content (AvgIpc) is 2.53. The molecule has 0 radical (unpaired) electrons. The largest absolute Gasteiger partial charge is 0.573 e. The highest BCUT2D eigenvalue weighted by atomic mass is 19.4. The Balaban J connectivity index is 2.22. The number of nitrogens with zero attached hydrogens (tertiary/aromatic N) is 1. The van der Waals surface area contributed by atoms with Crippen molar-refractivity contribution in [2.75, 3.05) is 19.7 Å². The molecule has 1 aliphatic heterocycles. The fourth-order valence-corrected chi connectivity index (χ4v) is 2.91. The number of alkyl halides is 3. The first kappa shape index (κ1) is 19.1. The van der Waals surface area contributed by atoms with Gasteiger partial charge in [0, 0.05) is 13.1 Å². The van der Waals surface area contributed by atoms with Crippen LogP contribution in [0.5, 0.6) is 5.75 Å². The van der Waals surface area contributed by atoms with Gasteiger partial charge in [-0.3, -0.25) is 9.59 Å². The third kappa shape index (κ3) is 4.64.